The maximum Gasteiger partial charge on any atom is 0.277 e. The Hall–Kier alpha value is -3.10. The van der Waals surface area contributed by atoms with Crippen LogP contribution in [-0.2, 0) is 11.4 Å². The number of rotatable bonds is 10. The van der Waals surface area contributed by atoms with E-state index in [2.05, 4.69) is 41.7 Å². The van der Waals surface area contributed by atoms with E-state index in [4.69, 9.17) is 14.2 Å². The molecule has 3 aromatic rings. The Morgan fingerprint density at radius 3 is 2.46 bits per heavy atom. The summed E-state index contributed by atoms with van der Waals surface area (Å²) in [7, 11) is 1.59. The fourth-order valence-electron chi connectivity index (χ4n) is 3.36. The Kier molecular flexibility index (Phi) is 8.97. The number of hydrogen-bond donors (Lipinski definition) is 1. The molecule has 3 aromatic carbocycles. The first-order valence-corrected chi connectivity index (χ1v) is 13.3. The first-order valence-electron chi connectivity index (χ1n) is 11.2. The molecule has 0 unspecified atom stereocenters. The molecule has 0 radical (unpaired) electrons. The molecule has 1 aliphatic heterocycles. The lowest BCUT2D eigenvalue weighted by molar-refractivity contribution is -0.123. The van der Waals surface area contributed by atoms with Gasteiger partial charge in [-0.2, -0.15) is 5.10 Å². The molecule has 1 N–H and O–H groups in total. The van der Waals surface area contributed by atoms with Gasteiger partial charge in [0.05, 0.1) is 17.9 Å². The molecule has 1 saturated heterocycles. The number of methoxy groups -OCH3 is 1. The highest BCUT2D eigenvalue weighted by Crippen LogP contribution is 2.45. The van der Waals surface area contributed by atoms with Crippen molar-refractivity contribution in [1.82, 2.24) is 5.43 Å². The van der Waals surface area contributed by atoms with Gasteiger partial charge in [0, 0.05) is 11.5 Å². The average Bonchev–Trinajstić information content (AvgIpc) is 3.43. The van der Waals surface area contributed by atoms with Crippen molar-refractivity contribution in [1.29, 1.82) is 0 Å². The van der Waals surface area contributed by atoms with E-state index in [1.54, 1.807) is 19.4 Å². The number of amides is 1. The zero-order chi connectivity index (χ0) is 24.5. The van der Waals surface area contributed by atoms with Crippen molar-refractivity contribution in [3.8, 4) is 17.2 Å². The molecule has 0 bridgehead atoms. The van der Waals surface area contributed by atoms with E-state index in [1.165, 1.54) is 22.6 Å². The summed E-state index contributed by atoms with van der Waals surface area (Å²) < 4.78 is 17.4. The fraction of sp³-hybridized carbons (Fsp3) is 0.259. The number of ether oxygens (including phenoxy) is 3. The third-order valence-corrected chi connectivity index (χ3v) is 8.35. The van der Waals surface area contributed by atoms with Crippen LogP contribution < -0.4 is 19.6 Å². The van der Waals surface area contributed by atoms with Crippen LogP contribution in [0.5, 0.6) is 17.2 Å². The molecule has 0 spiro atoms. The lowest BCUT2D eigenvalue weighted by atomic mass is 10.2. The maximum atomic E-state index is 12.1. The van der Waals surface area contributed by atoms with Gasteiger partial charge < -0.3 is 14.2 Å². The number of nitrogens with one attached hydrogen (secondary N) is 1. The number of hydrogen-bond acceptors (Lipinski definition) is 7. The number of benzene rings is 3. The van der Waals surface area contributed by atoms with Gasteiger partial charge in [0.2, 0.25) is 0 Å². The highest BCUT2D eigenvalue weighted by atomic mass is 32.2. The molecule has 0 aliphatic carbocycles. The number of nitrogens with zero attached hydrogens (tertiary/aromatic N) is 1. The van der Waals surface area contributed by atoms with Gasteiger partial charge in [-0.25, -0.2) is 5.43 Å². The van der Waals surface area contributed by atoms with Crippen molar-refractivity contribution in [2.75, 3.05) is 25.2 Å². The number of carbonyl (C=O) groups excluding carboxylic acids is 1. The van der Waals surface area contributed by atoms with Crippen molar-refractivity contribution >= 4 is 35.6 Å². The van der Waals surface area contributed by atoms with Gasteiger partial charge in [0.15, 0.2) is 18.1 Å². The van der Waals surface area contributed by atoms with Crippen molar-refractivity contribution < 1.29 is 19.0 Å². The predicted octanol–water partition coefficient (Wildman–Crippen LogP) is 5.59. The molecule has 4 rings (SSSR count). The predicted molar refractivity (Wildman–Crippen MR) is 144 cm³/mol. The SMILES string of the molecule is COc1cc(/C=N\NC(=O)COc2ccc(C3SCCS3)cc2)ccc1OCc1ccc(C)cc1. The molecule has 182 valence electrons. The van der Waals surface area contributed by atoms with Crippen molar-refractivity contribution in [3.63, 3.8) is 0 Å². The summed E-state index contributed by atoms with van der Waals surface area (Å²) in [5, 5.41) is 4.02. The van der Waals surface area contributed by atoms with Crippen LogP contribution in [0.1, 0.15) is 26.8 Å². The van der Waals surface area contributed by atoms with E-state index < -0.39 is 0 Å². The second-order valence-corrected chi connectivity index (χ2v) is 10.6. The van der Waals surface area contributed by atoms with Crippen LogP contribution >= 0.6 is 23.5 Å². The zero-order valence-electron chi connectivity index (χ0n) is 19.7. The summed E-state index contributed by atoms with van der Waals surface area (Å²) in [5.74, 6) is 3.93. The van der Waals surface area contributed by atoms with Crippen LogP contribution in [0.4, 0.5) is 0 Å². The van der Waals surface area contributed by atoms with Crippen molar-refractivity contribution in [2.45, 2.75) is 18.1 Å². The van der Waals surface area contributed by atoms with Crippen molar-refractivity contribution in [2.24, 2.45) is 5.10 Å². The summed E-state index contributed by atoms with van der Waals surface area (Å²) in [5.41, 5.74) is 6.82. The fourth-order valence-corrected chi connectivity index (χ4v) is 6.22. The monoisotopic (exact) mass is 508 g/mol. The smallest absolute Gasteiger partial charge is 0.277 e. The van der Waals surface area contributed by atoms with E-state index in [-0.39, 0.29) is 12.5 Å². The minimum Gasteiger partial charge on any atom is -0.493 e. The lowest BCUT2D eigenvalue weighted by Gasteiger charge is -2.11. The van der Waals surface area contributed by atoms with Gasteiger partial charge in [-0.05, 0) is 53.9 Å². The van der Waals surface area contributed by atoms with Crippen LogP contribution in [0, 0.1) is 6.92 Å². The highest BCUT2D eigenvalue weighted by molar-refractivity contribution is 8.19. The van der Waals surface area contributed by atoms with Gasteiger partial charge in [-0.3, -0.25) is 4.79 Å². The molecule has 35 heavy (non-hydrogen) atoms. The van der Waals surface area contributed by atoms with Crippen LogP contribution in [0.15, 0.2) is 71.8 Å². The first-order chi connectivity index (χ1) is 17.1. The van der Waals surface area contributed by atoms with E-state index in [0.29, 0.717) is 28.4 Å². The van der Waals surface area contributed by atoms with Gasteiger partial charge in [0.1, 0.15) is 12.4 Å². The summed E-state index contributed by atoms with van der Waals surface area (Å²) in [6.45, 7) is 2.39. The summed E-state index contributed by atoms with van der Waals surface area (Å²) in [6.07, 6.45) is 1.55. The second kappa shape index (κ2) is 12.6. The molecule has 1 aliphatic rings. The van der Waals surface area contributed by atoms with E-state index in [9.17, 15) is 4.79 Å². The van der Waals surface area contributed by atoms with Crippen LogP contribution in [0.3, 0.4) is 0 Å². The molecule has 6 nitrogen and oxygen atoms in total. The topological polar surface area (TPSA) is 69.2 Å². The summed E-state index contributed by atoms with van der Waals surface area (Å²) in [6, 6.07) is 21.6. The van der Waals surface area contributed by atoms with Gasteiger partial charge in [0.25, 0.3) is 5.91 Å². The van der Waals surface area contributed by atoms with Gasteiger partial charge >= 0.3 is 0 Å². The number of hydrazone groups is 1. The quantitative estimate of drug-likeness (QED) is 0.284. The van der Waals surface area contributed by atoms with Crippen molar-refractivity contribution in [3.05, 3.63) is 89.0 Å². The number of thioether (sulfide) groups is 2. The first kappa shape index (κ1) is 25.0. The van der Waals surface area contributed by atoms with Crippen LogP contribution in [0.25, 0.3) is 0 Å². The molecule has 1 fully saturated rings. The summed E-state index contributed by atoms with van der Waals surface area (Å²) >= 11 is 3.92. The molecule has 1 heterocycles. The third-order valence-electron chi connectivity index (χ3n) is 5.25. The Labute approximate surface area is 214 Å². The lowest BCUT2D eigenvalue weighted by Crippen LogP contribution is -2.24. The second-order valence-electron chi connectivity index (χ2n) is 7.91. The van der Waals surface area contributed by atoms with Gasteiger partial charge in [-0.1, -0.05) is 42.0 Å². The minimum absolute atomic E-state index is 0.112. The third kappa shape index (κ3) is 7.44. The molecule has 0 aromatic heterocycles. The number of aryl methyl sites for hydroxylation is 1. The normalized spacial score (nSPS) is 13.7. The van der Waals surface area contributed by atoms with E-state index in [1.807, 2.05) is 59.9 Å². The molecular formula is C27H28N2O4S2. The largest absolute Gasteiger partial charge is 0.493 e. The van der Waals surface area contributed by atoms with Crippen LogP contribution in [0.2, 0.25) is 0 Å². The molecule has 0 saturated carbocycles. The molecular weight excluding hydrogens is 480 g/mol. The standard InChI is InChI=1S/C27H28N2O4S2/c1-19-3-5-20(6-4-19)17-33-24-12-7-21(15-25(24)31-2)16-28-29-26(30)18-32-23-10-8-22(9-11-23)27-34-13-14-35-27/h3-12,15-16,27H,13-14,17-18H2,1-2H3,(H,29,30)/b28-16-. The van der Waals surface area contributed by atoms with E-state index >= 15 is 0 Å². The highest BCUT2D eigenvalue weighted by Gasteiger charge is 2.18. The van der Waals surface area contributed by atoms with Gasteiger partial charge in [-0.15, -0.1) is 23.5 Å². The Bertz CT molecular complexity index is 1140. The van der Waals surface area contributed by atoms with Crippen LogP contribution in [-0.4, -0.2) is 37.3 Å². The Morgan fingerprint density at radius 1 is 1.00 bits per heavy atom. The molecule has 8 heteroatoms. The number of carbonyl (C=O) groups is 1. The Balaban J connectivity index is 1.24. The maximum absolute atomic E-state index is 12.1. The summed E-state index contributed by atoms with van der Waals surface area (Å²) in [4.78, 5) is 12.1. The zero-order valence-corrected chi connectivity index (χ0v) is 21.4. The minimum atomic E-state index is -0.336. The Morgan fingerprint density at radius 2 is 1.74 bits per heavy atom. The average molecular weight is 509 g/mol. The molecule has 1 amide bonds. The molecule has 0 atom stereocenters. The van der Waals surface area contributed by atoms with E-state index in [0.717, 1.165) is 11.1 Å².